The molecule has 1 aliphatic rings. The lowest BCUT2D eigenvalue weighted by atomic mass is 10.0. The number of carbonyl (C=O) groups is 1. The zero-order valence-corrected chi connectivity index (χ0v) is 13.4. The number of aryl methyl sites for hydroxylation is 1. The van der Waals surface area contributed by atoms with Gasteiger partial charge in [0.05, 0.1) is 0 Å². The number of carbonyl (C=O) groups excluding carboxylic acids is 1. The van der Waals surface area contributed by atoms with Crippen molar-refractivity contribution < 1.29 is 9.53 Å². The molecular weight excluding hydrogens is 264 g/mol. The molecule has 1 saturated carbocycles. The van der Waals surface area contributed by atoms with Crippen molar-refractivity contribution in [1.82, 2.24) is 5.32 Å². The van der Waals surface area contributed by atoms with E-state index < -0.39 is 5.54 Å². The quantitative estimate of drug-likeness (QED) is 0.811. The van der Waals surface area contributed by atoms with Gasteiger partial charge in [-0.15, -0.1) is 0 Å². The molecule has 1 amide bonds. The van der Waals surface area contributed by atoms with Crippen molar-refractivity contribution in [3.63, 3.8) is 0 Å². The fraction of sp³-hybridized carbons (Fsp3) is 0.588. The van der Waals surface area contributed by atoms with E-state index in [1.807, 2.05) is 13.8 Å². The van der Waals surface area contributed by atoms with E-state index in [0.717, 1.165) is 24.2 Å². The minimum absolute atomic E-state index is 0.251. The van der Waals surface area contributed by atoms with E-state index in [0.29, 0.717) is 12.0 Å². The molecule has 3 N–H and O–H groups in total. The van der Waals surface area contributed by atoms with Gasteiger partial charge in [0.15, 0.2) is 0 Å². The van der Waals surface area contributed by atoms with Crippen LogP contribution in [0, 0.1) is 6.92 Å². The van der Waals surface area contributed by atoms with E-state index >= 15 is 0 Å². The SMILES string of the molecule is Cc1ccc(C(C)C)cc1OCC(C)(NC1CC1)C(N)=O. The standard InChI is InChI=1S/C17H26N2O2/c1-11(2)13-6-5-12(3)15(9-13)21-10-17(4,16(18)20)19-14-7-8-14/h5-6,9,11,14,19H,7-8,10H2,1-4H3,(H2,18,20). The van der Waals surface area contributed by atoms with Gasteiger partial charge in [0, 0.05) is 6.04 Å². The van der Waals surface area contributed by atoms with Crippen LogP contribution in [-0.2, 0) is 4.79 Å². The summed E-state index contributed by atoms with van der Waals surface area (Å²) in [5, 5.41) is 3.29. The van der Waals surface area contributed by atoms with Gasteiger partial charge in [-0.25, -0.2) is 0 Å². The van der Waals surface area contributed by atoms with E-state index in [-0.39, 0.29) is 12.5 Å². The Morgan fingerprint density at radius 3 is 2.67 bits per heavy atom. The molecule has 4 nitrogen and oxygen atoms in total. The highest BCUT2D eigenvalue weighted by molar-refractivity contribution is 5.84. The Morgan fingerprint density at radius 2 is 2.14 bits per heavy atom. The van der Waals surface area contributed by atoms with Crippen LogP contribution in [0.4, 0.5) is 0 Å². The molecule has 0 radical (unpaired) electrons. The van der Waals surface area contributed by atoms with Gasteiger partial charge in [0.2, 0.25) is 5.91 Å². The predicted molar refractivity (Wildman–Crippen MR) is 84.5 cm³/mol. The molecule has 0 aliphatic heterocycles. The molecule has 1 aliphatic carbocycles. The van der Waals surface area contributed by atoms with Crippen LogP contribution < -0.4 is 15.8 Å². The van der Waals surface area contributed by atoms with E-state index in [1.54, 1.807) is 0 Å². The smallest absolute Gasteiger partial charge is 0.240 e. The number of primary amides is 1. The maximum Gasteiger partial charge on any atom is 0.240 e. The van der Waals surface area contributed by atoms with Crippen LogP contribution >= 0.6 is 0 Å². The molecule has 1 fully saturated rings. The molecule has 0 aromatic heterocycles. The summed E-state index contributed by atoms with van der Waals surface area (Å²) < 4.78 is 5.92. The predicted octanol–water partition coefficient (Wildman–Crippen LogP) is 2.49. The van der Waals surface area contributed by atoms with Gasteiger partial charge in [-0.3, -0.25) is 10.1 Å². The number of nitrogens with two attached hydrogens (primary N) is 1. The molecule has 0 spiro atoms. The summed E-state index contributed by atoms with van der Waals surface area (Å²) in [4.78, 5) is 11.7. The number of ether oxygens (including phenoxy) is 1. The molecule has 1 aromatic rings. The monoisotopic (exact) mass is 290 g/mol. The van der Waals surface area contributed by atoms with Crippen molar-refractivity contribution in [2.75, 3.05) is 6.61 Å². The van der Waals surface area contributed by atoms with Gasteiger partial charge < -0.3 is 10.5 Å². The molecule has 0 saturated heterocycles. The van der Waals surface area contributed by atoms with Crippen LogP contribution in [0.25, 0.3) is 0 Å². The Labute approximate surface area is 127 Å². The summed E-state index contributed by atoms with van der Waals surface area (Å²) in [7, 11) is 0. The highest BCUT2D eigenvalue weighted by Gasteiger charge is 2.37. The van der Waals surface area contributed by atoms with E-state index in [4.69, 9.17) is 10.5 Å². The van der Waals surface area contributed by atoms with Crippen molar-refractivity contribution in [1.29, 1.82) is 0 Å². The minimum atomic E-state index is -0.818. The largest absolute Gasteiger partial charge is 0.491 e. The molecule has 1 unspecified atom stereocenters. The van der Waals surface area contributed by atoms with E-state index in [9.17, 15) is 4.79 Å². The molecule has 1 aromatic carbocycles. The zero-order chi connectivity index (χ0) is 15.6. The number of nitrogens with one attached hydrogen (secondary N) is 1. The number of rotatable bonds is 7. The number of benzene rings is 1. The Kier molecular flexibility index (Phi) is 4.57. The Hall–Kier alpha value is -1.55. The topological polar surface area (TPSA) is 64.3 Å². The summed E-state index contributed by atoms with van der Waals surface area (Å²) in [5.41, 5.74) is 7.02. The van der Waals surface area contributed by atoms with Crippen LogP contribution in [0.3, 0.4) is 0 Å². The second-order valence-corrected chi connectivity index (χ2v) is 6.58. The third kappa shape index (κ3) is 3.97. The highest BCUT2D eigenvalue weighted by Crippen LogP contribution is 2.26. The van der Waals surface area contributed by atoms with Gasteiger partial charge in [-0.1, -0.05) is 26.0 Å². The Morgan fingerprint density at radius 1 is 1.48 bits per heavy atom. The molecule has 4 heteroatoms. The average Bonchev–Trinajstić information content (AvgIpc) is 3.21. The van der Waals surface area contributed by atoms with Crippen molar-refractivity contribution in [2.45, 2.75) is 58.0 Å². The minimum Gasteiger partial charge on any atom is -0.491 e. The number of hydrogen-bond acceptors (Lipinski definition) is 3. The maximum absolute atomic E-state index is 11.7. The van der Waals surface area contributed by atoms with Crippen LogP contribution in [0.1, 0.15) is 50.7 Å². The Balaban J connectivity index is 2.09. The first-order valence-electron chi connectivity index (χ1n) is 7.63. The summed E-state index contributed by atoms with van der Waals surface area (Å²) in [6.45, 7) is 8.37. The van der Waals surface area contributed by atoms with Crippen LogP contribution in [0.5, 0.6) is 5.75 Å². The van der Waals surface area contributed by atoms with Gasteiger partial charge >= 0.3 is 0 Å². The lowest BCUT2D eigenvalue weighted by Gasteiger charge is -2.28. The van der Waals surface area contributed by atoms with Crippen molar-refractivity contribution in [3.05, 3.63) is 29.3 Å². The van der Waals surface area contributed by atoms with E-state index in [2.05, 4.69) is 37.4 Å². The lowest BCUT2D eigenvalue weighted by molar-refractivity contribution is -0.125. The second-order valence-electron chi connectivity index (χ2n) is 6.58. The number of hydrogen-bond donors (Lipinski definition) is 2. The van der Waals surface area contributed by atoms with Gasteiger partial charge in [-0.05, 0) is 49.8 Å². The molecule has 0 heterocycles. The Bertz CT molecular complexity index is 524. The zero-order valence-electron chi connectivity index (χ0n) is 13.4. The summed E-state index contributed by atoms with van der Waals surface area (Å²) in [5.74, 6) is 0.901. The number of amides is 1. The third-order valence-corrected chi connectivity index (χ3v) is 4.04. The third-order valence-electron chi connectivity index (χ3n) is 4.04. The molecule has 116 valence electrons. The molecule has 2 rings (SSSR count). The van der Waals surface area contributed by atoms with Crippen LogP contribution in [-0.4, -0.2) is 24.1 Å². The summed E-state index contributed by atoms with van der Waals surface area (Å²) in [6.07, 6.45) is 2.20. The fourth-order valence-corrected chi connectivity index (χ4v) is 2.22. The van der Waals surface area contributed by atoms with Gasteiger partial charge in [0.25, 0.3) is 0 Å². The normalized spacial score (nSPS) is 17.6. The summed E-state index contributed by atoms with van der Waals surface area (Å²) >= 11 is 0. The maximum atomic E-state index is 11.7. The molecular formula is C17H26N2O2. The molecule has 0 bridgehead atoms. The van der Waals surface area contributed by atoms with E-state index in [1.165, 1.54) is 5.56 Å². The van der Waals surface area contributed by atoms with Crippen LogP contribution in [0.2, 0.25) is 0 Å². The summed E-state index contributed by atoms with van der Waals surface area (Å²) in [6, 6.07) is 6.62. The van der Waals surface area contributed by atoms with Gasteiger partial charge in [-0.2, -0.15) is 0 Å². The first-order valence-corrected chi connectivity index (χ1v) is 7.63. The lowest BCUT2D eigenvalue weighted by Crippen LogP contribution is -2.57. The van der Waals surface area contributed by atoms with Crippen LogP contribution in [0.15, 0.2) is 18.2 Å². The van der Waals surface area contributed by atoms with Crippen molar-refractivity contribution in [3.8, 4) is 5.75 Å². The van der Waals surface area contributed by atoms with Gasteiger partial charge in [0.1, 0.15) is 17.9 Å². The second kappa shape index (κ2) is 6.06. The van der Waals surface area contributed by atoms with Crippen molar-refractivity contribution >= 4 is 5.91 Å². The molecule has 21 heavy (non-hydrogen) atoms. The van der Waals surface area contributed by atoms with Crippen molar-refractivity contribution in [2.24, 2.45) is 5.73 Å². The first kappa shape index (κ1) is 15.8. The average molecular weight is 290 g/mol. The highest BCUT2D eigenvalue weighted by atomic mass is 16.5. The first-order chi connectivity index (χ1) is 9.82. The fourth-order valence-electron chi connectivity index (χ4n) is 2.22. The molecule has 1 atom stereocenters.